The first-order valence-corrected chi connectivity index (χ1v) is 12.3. The van der Waals surface area contributed by atoms with E-state index in [1.807, 2.05) is 25.2 Å². The molecule has 3 aromatic rings. The Hall–Kier alpha value is -3.30. The van der Waals surface area contributed by atoms with Crippen LogP contribution in [-0.4, -0.2) is 52.6 Å². The normalized spacial score (nSPS) is 20.1. The summed E-state index contributed by atoms with van der Waals surface area (Å²) in [4.78, 5) is 18.6. The number of benzene rings is 2. The maximum Gasteiger partial charge on any atom is 0.195 e. The number of aromatic hydroxyl groups is 1. The van der Waals surface area contributed by atoms with E-state index >= 15 is 0 Å². The monoisotopic (exact) mass is 454 g/mol. The first kappa shape index (κ1) is 21.2. The van der Waals surface area contributed by atoms with E-state index in [4.69, 9.17) is 0 Å². The van der Waals surface area contributed by atoms with Crippen LogP contribution < -0.4 is 4.90 Å². The van der Waals surface area contributed by atoms with Crippen LogP contribution in [0.25, 0.3) is 10.9 Å². The number of phenolic OH excluding ortho intramolecular Hbond substituents is 1. The van der Waals surface area contributed by atoms with E-state index in [-0.39, 0.29) is 11.5 Å². The molecule has 2 aliphatic carbocycles. The fourth-order valence-electron chi connectivity index (χ4n) is 6.34. The zero-order valence-electron chi connectivity index (χ0n) is 20.1. The molecule has 0 radical (unpaired) electrons. The van der Waals surface area contributed by atoms with Gasteiger partial charge in [0.15, 0.2) is 5.78 Å². The summed E-state index contributed by atoms with van der Waals surface area (Å²) >= 11 is 0. The number of ketones is 1. The minimum Gasteiger partial charge on any atom is -0.506 e. The van der Waals surface area contributed by atoms with Crippen LogP contribution >= 0.6 is 0 Å². The third-order valence-electron chi connectivity index (χ3n) is 8.43. The molecule has 34 heavy (non-hydrogen) atoms. The maximum absolute atomic E-state index is 13.8. The Bertz CT molecular complexity index is 1380. The van der Waals surface area contributed by atoms with Gasteiger partial charge in [0.25, 0.3) is 0 Å². The van der Waals surface area contributed by atoms with E-state index in [1.165, 1.54) is 19.3 Å². The second-order valence-electron chi connectivity index (χ2n) is 10.6. The Morgan fingerprint density at radius 1 is 1.09 bits per heavy atom. The number of nitriles is 1. The van der Waals surface area contributed by atoms with E-state index in [0.717, 1.165) is 60.1 Å². The van der Waals surface area contributed by atoms with Gasteiger partial charge in [-0.25, -0.2) is 0 Å². The maximum atomic E-state index is 13.8. The van der Waals surface area contributed by atoms with Gasteiger partial charge in [0.2, 0.25) is 0 Å². The van der Waals surface area contributed by atoms with Gasteiger partial charge in [-0.05, 0) is 42.7 Å². The number of rotatable bonds is 2. The van der Waals surface area contributed by atoms with Gasteiger partial charge in [-0.2, -0.15) is 5.26 Å². The average Bonchev–Trinajstić information content (AvgIpc) is 3.10. The molecule has 6 heteroatoms. The third kappa shape index (κ3) is 2.86. The van der Waals surface area contributed by atoms with Crippen molar-refractivity contribution in [3.05, 3.63) is 58.3 Å². The Kier molecular flexibility index (Phi) is 4.59. The fraction of sp³-hybridized carbons (Fsp3) is 0.429. The second-order valence-corrected chi connectivity index (χ2v) is 10.6. The second kappa shape index (κ2) is 7.35. The number of hydrogen-bond donors (Lipinski definition) is 1. The molecule has 3 aliphatic rings. The van der Waals surface area contributed by atoms with Gasteiger partial charge in [0, 0.05) is 61.3 Å². The van der Waals surface area contributed by atoms with Crippen molar-refractivity contribution in [3.63, 3.8) is 0 Å². The van der Waals surface area contributed by atoms with Crippen LogP contribution in [0.3, 0.4) is 0 Å². The first-order valence-electron chi connectivity index (χ1n) is 12.3. The van der Waals surface area contributed by atoms with Crippen molar-refractivity contribution in [1.82, 2.24) is 9.47 Å². The van der Waals surface area contributed by atoms with E-state index < -0.39 is 5.41 Å². The van der Waals surface area contributed by atoms with Crippen LogP contribution in [0.1, 0.15) is 65.9 Å². The summed E-state index contributed by atoms with van der Waals surface area (Å²) in [5.41, 5.74) is 5.01. The molecule has 0 unspecified atom stereocenters. The lowest BCUT2D eigenvalue weighted by Crippen LogP contribution is -2.52. The van der Waals surface area contributed by atoms with Gasteiger partial charge in [0.1, 0.15) is 5.75 Å². The van der Waals surface area contributed by atoms with Crippen LogP contribution in [0.5, 0.6) is 5.75 Å². The van der Waals surface area contributed by atoms with E-state index in [2.05, 4.69) is 34.3 Å². The molecule has 1 saturated carbocycles. The summed E-state index contributed by atoms with van der Waals surface area (Å²) in [6, 6.07) is 12.2. The Labute approximate surface area is 200 Å². The molecule has 0 atom stereocenters. The van der Waals surface area contributed by atoms with Gasteiger partial charge in [0.05, 0.1) is 28.4 Å². The molecule has 0 amide bonds. The molecule has 0 spiro atoms. The highest BCUT2D eigenvalue weighted by molar-refractivity contribution is 6.20. The number of anilines is 1. The van der Waals surface area contributed by atoms with Crippen molar-refractivity contribution in [2.75, 3.05) is 31.1 Å². The molecular formula is C28H30N4O2. The molecule has 2 fully saturated rings. The molecule has 174 valence electrons. The SMILES string of the molecule is Cn1c2c(c3ccc(C#N)cc31)C(=O)c1cc(O)c(N3CCN(C4CCC4)CC3)cc1C2(C)C. The van der Waals surface area contributed by atoms with E-state index in [0.29, 0.717) is 16.7 Å². The van der Waals surface area contributed by atoms with Crippen molar-refractivity contribution >= 4 is 22.4 Å². The van der Waals surface area contributed by atoms with Crippen LogP contribution in [0.15, 0.2) is 30.3 Å². The number of carbonyl (C=O) groups excluding carboxylic acids is 1. The van der Waals surface area contributed by atoms with Crippen molar-refractivity contribution < 1.29 is 9.90 Å². The number of phenols is 1. The topological polar surface area (TPSA) is 72.5 Å². The minimum atomic E-state index is -0.435. The summed E-state index contributed by atoms with van der Waals surface area (Å²) in [5, 5.41) is 21.3. The Balaban J connectivity index is 1.43. The summed E-state index contributed by atoms with van der Waals surface area (Å²) in [6.07, 6.45) is 3.96. The zero-order chi connectivity index (χ0) is 23.8. The van der Waals surface area contributed by atoms with E-state index in [1.54, 1.807) is 12.1 Å². The van der Waals surface area contributed by atoms with Gasteiger partial charge in [-0.1, -0.05) is 26.3 Å². The van der Waals surface area contributed by atoms with Crippen LogP contribution in [0.4, 0.5) is 5.69 Å². The quantitative estimate of drug-likeness (QED) is 0.625. The molecule has 6 rings (SSSR count). The largest absolute Gasteiger partial charge is 0.506 e. The molecule has 2 aromatic carbocycles. The molecule has 1 saturated heterocycles. The summed E-state index contributed by atoms with van der Waals surface area (Å²) in [6.45, 7) is 8.09. The van der Waals surface area contributed by atoms with Gasteiger partial charge < -0.3 is 14.6 Å². The molecule has 1 N–H and O–H groups in total. The molecule has 0 bridgehead atoms. The number of nitrogens with zero attached hydrogens (tertiary/aromatic N) is 4. The van der Waals surface area contributed by atoms with Crippen molar-refractivity contribution in [1.29, 1.82) is 5.26 Å². The highest BCUT2D eigenvalue weighted by Gasteiger charge is 2.42. The van der Waals surface area contributed by atoms with Crippen LogP contribution in [-0.2, 0) is 12.5 Å². The minimum absolute atomic E-state index is 0.0590. The highest BCUT2D eigenvalue weighted by atomic mass is 16.3. The molecule has 6 nitrogen and oxygen atoms in total. The predicted molar refractivity (Wildman–Crippen MR) is 133 cm³/mol. The molecule has 1 aromatic heterocycles. The third-order valence-corrected chi connectivity index (χ3v) is 8.43. The molecular weight excluding hydrogens is 424 g/mol. The number of hydrogen-bond acceptors (Lipinski definition) is 5. The predicted octanol–water partition coefficient (Wildman–Crippen LogP) is 4.30. The standard InChI is InChI=1S/C28H30N4O2/c1-28(2)21-15-23(32-11-9-31(10-12-32)18-5-4-6-18)24(33)14-20(21)26(34)25-19-8-7-17(16-29)13-22(19)30(3)27(25)28/h7-8,13-15,18,33H,4-6,9-12H2,1-3H3. The number of aryl methyl sites for hydroxylation is 1. The van der Waals surface area contributed by atoms with Crippen LogP contribution in [0, 0.1) is 11.3 Å². The van der Waals surface area contributed by atoms with Crippen molar-refractivity contribution in [2.45, 2.75) is 44.6 Å². The number of piperazine rings is 1. The smallest absolute Gasteiger partial charge is 0.195 e. The van der Waals surface area contributed by atoms with Gasteiger partial charge in [-0.3, -0.25) is 9.69 Å². The van der Waals surface area contributed by atoms with Gasteiger partial charge >= 0.3 is 0 Å². The Morgan fingerprint density at radius 2 is 1.82 bits per heavy atom. The molecule has 1 aliphatic heterocycles. The highest BCUT2D eigenvalue weighted by Crippen LogP contribution is 2.48. The number of aromatic nitrogens is 1. The lowest BCUT2D eigenvalue weighted by molar-refractivity contribution is 0.103. The number of fused-ring (bicyclic) bond motifs is 4. The van der Waals surface area contributed by atoms with Crippen LogP contribution in [0.2, 0.25) is 0 Å². The molecule has 2 heterocycles. The lowest BCUT2D eigenvalue weighted by atomic mass is 9.71. The number of carbonyl (C=O) groups is 1. The van der Waals surface area contributed by atoms with E-state index in [9.17, 15) is 15.2 Å². The van der Waals surface area contributed by atoms with Crippen molar-refractivity contribution in [2.24, 2.45) is 7.05 Å². The first-order chi connectivity index (χ1) is 16.3. The lowest BCUT2D eigenvalue weighted by Gasteiger charge is -2.44. The van der Waals surface area contributed by atoms with Gasteiger partial charge in [-0.15, -0.1) is 0 Å². The summed E-state index contributed by atoms with van der Waals surface area (Å²) in [7, 11) is 1.98. The fourth-order valence-corrected chi connectivity index (χ4v) is 6.34. The summed E-state index contributed by atoms with van der Waals surface area (Å²) < 4.78 is 2.07. The van der Waals surface area contributed by atoms with Crippen molar-refractivity contribution in [3.8, 4) is 11.8 Å². The zero-order valence-corrected chi connectivity index (χ0v) is 20.1. The summed E-state index contributed by atoms with van der Waals surface area (Å²) in [5.74, 6) is 0.117. The Morgan fingerprint density at radius 3 is 2.47 bits per heavy atom. The average molecular weight is 455 g/mol.